The molecule has 0 unspecified atom stereocenters. The van der Waals surface area contributed by atoms with E-state index in [9.17, 15) is 4.79 Å². The van der Waals surface area contributed by atoms with Crippen LogP contribution in [0.5, 0.6) is 5.75 Å². The minimum absolute atomic E-state index is 0.110. The van der Waals surface area contributed by atoms with Gasteiger partial charge in [-0.15, -0.1) is 0 Å². The lowest BCUT2D eigenvalue weighted by molar-refractivity contribution is 0.0594. The van der Waals surface area contributed by atoms with Gasteiger partial charge >= 0.3 is 0 Å². The third-order valence-electron chi connectivity index (χ3n) is 5.17. The van der Waals surface area contributed by atoms with Crippen LogP contribution >= 0.6 is 11.8 Å². The molecule has 2 heterocycles. The number of nitrogens with one attached hydrogen (secondary N) is 1. The molecular weight excluding hydrogens is 414 g/mol. The zero-order valence-electron chi connectivity index (χ0n) is 18.1. The van der Waals surface area contributed by atoms with Crippen molar-refractivity contribution in [2.75, 3.05) is 38.8 Å². The van der Waals surface area contributed by atoms with Gasteiger partial charge in [0.05, 0.1) is 37.6 Å². The number of hydrogen-bond acceptors (Lipinski definition) is 6. The summed E-state index contributed by atoms with van der Waals surface area (Å²) < 4.78 is 18.5. The lowest BCUT2D eigenvalue weighted by atomic mass is 10.2. The highest BCUT2D eigenvalue weighted by molar-refractivity contribution is 7.99. The molecular formula is C23H29N3O4S. The lowest BCUT2D eigenvalue weighted by Gasteiger charge is -2.15. The van der Waals surface area contributed by atoms with Crippen LogP contribution in [0.3, 0.4) is 0 Å². The molecule has 0 bridgehead atoms. The molecule has 1 aliphatic carbocycles. The summed E-state index contributed by atoms with van der Waals surface area (Å²) in [5, 5.41) is 0.650. The van der Waals surface area contributed by atoms with E-state index in [1.54, 1.807) is 10.8 Å². The Morgan fingerprint density at radius 1 is 1.19 bits per heavy atom. The smallest absolute Gasteiger partial charge is 0.283 e. The van der Waals surface area contributed by atoms with Crippen LogP contribution in [-0.4, -0.2) is 53.3 Å². The van der Waals surface area contributed by atoms with Crippen molar-refractivity contribution < 1.29 is 14.2 Å². The molecule has 1 aliphatic rings. The van der Waals surface area contributed by atoms with Crippen LogP contribution < -0.4 is 10.3 Å². The monoisotopic (exact) mass is 443 g/mol. The maximum Gasteiger partial charge on any atom is 0.283 e. The number of fused-ring (bicyclic) bond motifs is 1. The molecule has 2 aromatic heterocycles. The van der Waals surface area contributed by atoms with E-state index in [0.717, 1.165) is 23.6 Å². The Hall–Kier alpha value is -2.29. The first-order chi connectivity index (χ1) is 15.2. The number of ether oxygens (including phenoxy) is 3. The molecule has 1 N–H and O–H groups in total. The maximum absolute atomic E-state index is 13.2. The highest BCUT2D eigenvalue weighted by Crippen LogP contribution is 2.31. The number of benzene rings is 1. The minimum atomic E-state index is -0.110. The van der Waals surface area contributed by atoms with Crippen LogP contribution in [0.2, 0.25) is 0 Å². The Labute approximate surface area is 186 Å². The van der Waals surface area contributed by atoms with Crippen LogP contribution in [-0.2, 0) is 9.47 Å². The van der Waals surface area contributed by atoms with Crippen LogP contribution in [0, 0.1) is 12.8 Å². The summed E-state index contributed by atoms with van der Waals surface area (Å²) in [5.74, 6) is 2.25. The Bertz CT molecular complexity index is 1070. The van der Waals surface area contributed by atoms with Gasteiger partial charge in [0, 0.05) is 18.6 Å². The van der Waals surface area contributed by atoms with Crippen molar-refractivity contribution in [3.8, 4) is 11.4 Å². The fourth-order valence-corrected chi connectivity index (χ4v) is 4.15. The first kappa shape index (κ1) is 21.9. The summed E-state index contributed by atoms with van der Waals surface area (Å²) in [4.78, 5) is 21.0. The van der Waals surface area contributed by atoms with Crippen molar-refractivity contribution in [3.05, 3.63) is 46.4 Å². The highest BCUT2D eigenvalue weighted by atomic mass is 32.2. The SMILES string of the molecule is CCOCCOCCSc1nc2cc[nH]c2c(=O)n1-c1ccc(OCC2CC2)c(C)c1. The van der Waals surface area contributed by atoms with E-state index < -0.39 is 0 Å². The topological polar surface area (TPSA) is 78.4 Å². The summed E-state index contributed by atoms with van der Waals surface area (Å²) in [7, 11) is 0. The van der Waals surface area contributed by atoms with Gasteiger partial charge in [-0.3, -0.25) is 9.36 Å². The number of nitrogens with zero attached hydrogens (tertiary/aromatic N) is 2. The quantitative estimate of drug-likeness (QED) is 0.259. The van der Waals surface area contributed by atoms with Gasteiger partial charge in [0.25, 0.3) is 5.56 Å². The summed E-state index contributed by atoms with van der Waals surface area (Å²) in [6, 6.07) is 7.69. The fourth-order valence-electron chi connectivity index (χ4n) is 3.28. The fraction of sp³-hybridized carbons (Fsp3) is 0.478. The van der Waals surface area contributed by atoms with Crippen LogP contribution in [0.1, 0.15) is 25.3 Å². The van der Waals surface area contributed by atoms with Gasteiger partial charge < -0.3 is 19.2 Å². The molecule has 0 amide bonds. The zero-order chi connectivity index (χ0) is 21.6. The van der Waals surface area contributed by atoms with Crippen LogP contribution in [0.4, 0.5) is 0 Å². The second kappa shape index (κ2) is 10.3. The summed E-state index contributed by atoms with van der Waals surface area (Å²) in [6.45, 7) is 7.14. The van der Waals surface area contributed by atoms with Gasteiger partial charge in [0.2, 0.25) is 0 Å². The molecule has 4 rings (SSSR count). The number of rotatable bonds is 12. The van der Waals surface area contributed by atoms with Crippen molar-refractivity contribution in [2.24, 2.45) is 5.92 Å². The number of aromatic nitrogens is 3. The maximum atomic E-state index is 13.2. The Kier molecular flexibility index (Phi) is 7.32. The zero-order valence-corrected chi connectivity index (χ0v) is 18.9. The van der Waals surface area contributed by atoms with E-state index in [4.69, 9.17) is 19.2 Å². The van der Waals surface area contributed by atoms with Crippen molar-refractivity contribution in [2.45, 2.75) is 31.8 Å². The van der Waals surface area contributed by atoms with Crippen molar-refractivity contribution >= 4 is 22.8 Å². The summed E-state index contributed by atoms with van der Waals surface area (Å²) >= 11 is 1.51. The molecule has 31 heavy (non-hydrogen) atoms. The van der Waals surface area contributed by atoms with Gasteiger partial charge in [-0.2, -0.15) is 0 Å². The number of hydrogen-bond donors (Lipinski definition) is 1. The second-order valence-electron chi connectivity index (χ2n) is 7.63. The van der Waals surface area contributed by atoms with Crippen LogP contribution in [0.15, 0.2) is 40.4 Å². The van der Waals surface area contributed by atoms with E-state index in [2.05, 4.69) is 4.98 Å². The van der Waals surface area contributed by atoms with Gasteiger partial charge in [0.15, 0.2) is 5.16 Å². The van der Waals surface area contributed by atoms with Crippen molar-refractivity contribution in [1.29, 1.82) is 0 Å². The van der Waals surface area contributed by atoms with E-state index >= 15 is 0 Å². The normalized spacial score (nSPS) is 13.7. The number of aryl methyl sites for hydroxylation is 1. The largest absolute Gasteiger partial charge is 0.493 e. The molecule has 0 spiro atoms. The predicted octanol–water partition coefficient (Wildman–Crippen LogP) is 3.96. The van der Waals surface area contributed by atoms with Crippen LogP contribution in [0.25, 0.3) is 16.7 Å². The summed E-state index contributed by atoms with van der Waals surface area (Å²) in [6.07, 6.45) is 4.25. The van der Waals surface area contributed by atoms with Gasteiger partial charge in [-0.05, 0) is 62.4 Å². The average Bonchev–Trinajstić information content (AvgIpc) is 3.47. The van der Waals surface area contributed by atoms with Gasteiger partial charge in [-0.25, -0.2) is 4.98 Å². The summed E-state index contributed by atoms with van der Waals surface area (Å²) in [5.41, 5.74) is 2.85. The first-order valence-corrected chi connectivity index (χ1v) is 11.8. The van der Waals surface area contributed by atoms with E-state index in [0.29, 0.717) is 54.3 Å². The molecule has 166 valence electrons. The molecule has 3 aromatic rings. The lowest BCUT2D eigenvalue weighted by Crippen LogP contribution is -2.22. The third kappa shape index (κ3) is 5.50. The molecule has 8 heteroatoms. The first-order valence-electron chi connectivity index (χ1n) is 10.8. The Morgan fingerprint density at radius 3 is 2.81 bits per heavy atom. The van der Waals surface area contributed by atoms with Crippen molar-refractivity contribution in [3.63, 3.8) is 0 Å². The molecule has 0 radical (unpaired) electrons. The molecule has 1 aromatic carbocycles. The molecule has 7 nitrogen and oxygen atoms in total. The van der Waals surface area contributed by atoms with E-state index in [-0.39, 0.29) is 5.56 Å². The van der Waals surface area contributed by atoms with Crippen molar-refractivity contribution in [1.82, 2.24) is 14.5 Å². The van der Waals surface area contributed by atoms with Gasteiger partial charge in [0.1, 0.15) is 11.3 Å². The average molecular weight is 444 g/mol. The second-order valence-corrected chi connectivity index (χ2v) is 8.70. The highest BCUT2D eigenvalue weighted by Gasteiger charge is 2.22. The Balaban J connectivity index is 1.54. The number of aromatic amines is 1. The van der Waals surface area contributed by atoms with E-state index in [1.807, 2.05) is 38.1 Å². The molecule has 0 atom stereocenters. The standard InChI is InChI=1S/C23H29N3O4S/c1-3-28-10-11-29-12-13-31-23-25-19-8-9-24-21(19)22(27)26(23)18-6-7-20(16(2)14-18)30-15-17-4-5-17/h6-9,14,17,24H,3-5,10-13,15H2,1-2H3. The Morgan fingerprint density at radius 2 is 2.03 bits per heavy atom. The third-order valence-corrected chi connectivity index (χ3v) is 6.08. The predicted molar refractivity (Wildman–Crippen MR) is 123 cm³/mol. The number of thioether (sulfide) groups is 1. The van der Waals surface area contributed by atoms with Gasteiger partial charge in [-0.1, -0.05) is 11.8 Å². The molecule has 0 aliphatic heterocycles. The van der Waals surface area contributed by atoms with E-state index in [1.165, 1.54) is 24.6 Å². The molecule has 1 fully saturated rings. The molecule has 0 saturated heterocycles. The minimum Gasteiger partial charge on any atom is -0.493 e. The molecule has 1 saturated carbocycles. The number of H-pyrrole nitrogens is 1.